The molecule has 0 saturated heterocycles. The highest BCUT2D eigenvalue weighted by molar-refractivity contribution is 5.96. The second kappa shape index (κ2) is 4.95. The first-order valence-electron chi connectivity index (χ1n) is 7.32. The minimum atomic E-state index is 0.0881. The largest absolute Gasteiger partial charge is 0.399 e. The van der Waals surface area contributed by atoms with Gasteiger partial charge in [0.25, 0.3) is 5.91 Å². The topological polar surface area (TPSA) is 51.3 Å². The van der Waals surface area contributed by atoms with Crippen molar-refractivity contribution in [2.45, 2.75) is 33.4 Å². The number of hydrogen-bond donors (Lipinski definition) is 1. The van der Waals surface area contributed by atoms with Gasteiger partial charge in [-0.05, 0) is 56.7 Å². The minimum absolute atomic E-state index is 0.0881. The molecule has 4 nitrogen and oxygen atoms in total. The number of nitrogens with two attached hydrogens (primary N) is 1. The zero-order valence-corrected chi connectivity index (χ0v) is 12.8. The van der Waals surface area contributed by atoms with E-state index in [0.29, 0.717) is 5.69 Å². The number of fused-ring (bicyclic) bond motifs is 1. The van der Waals surface area contributed by atoms with Gasteiger partial charge in [0.15, 0.2) is 0 Å². The lowest BCUT2D eigenvalue weighted by Crippen LogP contribution is -2.41. The lowest BCUT2D eigenvalue weighted by Gasteiger charge is -2.35. The molecule has 0 spiro atoms. The minimum Gasteiger partial charge on any atom is -0.399 e. The molecule has 0 bridgehead atoms. The number of hydrogen-bond acceptors (Lipinski definition) is 2. The molecule has 0 fully saturated rings. The van der Waals surface area contributed by atoms with Crippen LogP contribution < -0.4 is 5.73 Å². The van der Waals surface area contributed by atoms with E-state index in [4.69, 9.17) is 5.73 Å². The molecule has 1 aliphatic rings. The number of carbonyl (C=O) groups is 1. The highest BCUT2D eigenvalue weighted by atomic mass is 16.2. The molecule has 110 valence electrons. The highest BCUT2D eigenvalue weighted by Crippen LogP contribution is 2.29. The molecule has 1 unspecified atom stereocenters. The van der Waals surface area contributed by atoms with Crippen LogP contribution in [0.2, 0.25) is 0 Å². The monoisotopic (exact) mass is 283 g/mol. The van der Waals surface area contributed by atoms with E-state index in [1.165, 1.54) is 11.4 Å². The number of benzene rings is 1. The lowest BCUT2D eigenvalue weighted by molar-refractivity contribution is 0.0642. The molecular weight excluding hydrogens is 262 g/mol. The molecule has 0 saturated carbocycles. The fraction of sp³-hybridized carbons (Fsp3) is 0.353. The van der Waals surface area contributed by atoms with Gasteiger partial charge in [-0.1, -0.05) is 0 Å². The standard InChI is InChI=1S/C17H21N3O/c1-11-10-14(18)5-6-15(11)17(21)20-9-8-19-12(2)4-7-16(19)13(20)3/h4-7,10,13H,8-9,18H2,1-3H3. The summed E-state index contributed by atoms with van der Waals surface area (Å²) in [6.07, 6.45) is 0. The van der Waals surface area contributed by atoms with E-state index in [1.54, 1.807) is 6.07 Å². The number of amides is 1. The van der Waals surface area contributed by atoms with Crippen molar-refractivity contribution >= 4 is 11.6 Å². The predicted octanol–water partition coefficient (Wildman–Crippen LogP) is 2.90. The van der Waals surface area contributed by atoms with Crippen LogP contribution in [0.15, 0.2) is 30.3 Å². The third-order valence-electron chi connectivity index (χ3n) is 4.43. The number of aryl methyl sites for hydroxylation is 2. The van der Waals surface area contributed by atoms with Crippen LogP contribution >= 0.6 is 0 Å². The summed E-state index contributed by atoms with van der Waals surface area (Å²) in [5.74, 6) is 0.0881. The van der Waals surface area contributed by atoms with Crippen LogP contribution in [0.3, 0.4) is 0 Å². The zero-order chi connectivity index (χ0) is 15.1. The van der Waals surface area contributed by atoms with Crippen LogP contribution in [-0.4, -0.2) is 21.9 Å². The maximum absolute atomic E-state index is 12.8. The van der Waals surface area contributed by atoms with Gasteiger partial charge in [-0.3, -0.25) is 4.79 Å². The Kier molecular flexibility index (Phi) is 3.24. The molecule has 1 aromatic carbocycles. The van der Waals surface area contributed by atoms with Crippen LogP contribution in [0, 0.1) is 13.8 Å². The van der Waals surface area contributed by atoms with E-state index < -0.39 is 0 Å². The molecule has 1 aromatic heterocycles. The fourth-order valence-corrected chi connectivity index (χ4v) is 3.18. The molecular formula is C17H21N3O. The summed E-state index contributed by atoms with van der Waals surface area (Å²) < 4.78 is 2.30. The number of nitrogens with zero attached hydrogens (tertiary/aromatic N) is 2. The maximum Gasteiger partial charge on any atom is 0.254 e. The third kappa shape index (κ3) is 2.20. The number of aromatic nitrogens is 1. The van der Waals surface area contributed by atoms with E-state index in [9.17, 15) is 4.79 Å². The summed E-state index contributed by atoms with van der Waals surface area (Å²) in [5, 5.41) is 0. The number of carbonyl (C=O) groups excluding carboxylic acids is 1. The Balaban J connectivity index is 1.93. The maximum atomic E-state index is 12.8. The van der Waals surface area contributed by atoms with Gasteiger partial charge in [-0.25, -0.2) is 0 Å². The molecule has 1 amide bonds. The van der Waals surface area contributed by atoms with E-state index in [2.05, 4.69) is 30.5 Å². The van der Waals surface area contributed by atoms with Crippen molar-refractivity contribution < 1.29 is 4.79 Å². The molecule has 3 rings (SSSR count). The van der Waals surface area contributed by atoms with Gasteiger partial charge >= 0.3 is 0 Å². The van der Waals surface area contributed by atoms with Crippen molar-refractivity contribution in [1.29, 1.82) is 0 Å². The lowest BCUT2D eigenvalue weighted by atomic mass is 10.0. The van der Waals surface area contributed by atoms with Gasteiger partial charge in [-0.2, -0.15) is 0 Å². The van der Waals surface area contributed by atoms with Gasteiger partial charge in [-0.15, -0.1) is 0 Å². The summed E-state index contributed by atoms with van der Waals surface area (Å²) >= 11 is 0. The second-order valence-electron chi connectivity index (χ2n) is 5.80. The first kappa shape index (κ1) is 13.7. The van der Waals surface area contributed by atoms with Gasteiger partial charge in [0, 0.05) is 35.7 Å². The van der Waals surface area contributed by atoms with E-state index in [1.807, 2.05) is 24.0 Å². The summed E-state index contributed by atoms with van der Waals surface area (Å²) in [5.41, 5.74) is 10.6. The Bertz CT molecular complexity index is 702. The Morgan fingerprint density at radius 2 is 1.95 bits per heavy atom. The van der Waals surface area contributed by atoms with Crippen LogP contribution in [-0.2, 0) is 6.54 Å². The Morgan fingerprint density at radius 1 is 1.19 bits per heavy atom. The zero-order valence-electron chi connectivity index (χ0n) is 12.8. The normalized spacial score (nSPS) is 17.7. The molecule has 4 heteroatoms. The third-order valence-corrected chi connectivity index (χ3v) is 4.43. The van der Waals surface area contributed by atoms with Crippen LogP contribution in [0.1, 0.15) is 40.3 Å². The van der Waals surface area contributed by atoms with Gasteiger partial charge in [0.1, 0.15) is 0 Å². The highest BCUT2D eigenvalue weighted by Gasteiger charge is 2.29. The summed E-state index contributed by atoms with van der Waals surface area (Å²) in [4.78, 5) is 14.8. The first-order chi connectivity index (χ1) is 9.99. The van der Waals surface area contributed by atoms with Crippen molar-refractivity contribution in [3.8, 4) is 0 Å². The fourth-order valence-electron chi connectivity index (χ4n) is 3.18. The molecule has 1 atom stereocenters. The summed E-state index contributed by atoms with van der Waals surface area (Å²) in [7, 11) is 0. The van der Waals surface area contributed by atoms with E-state index in [-0.39, 0.29) is 11.9 Å². The van der Waals surface area contributed by atoms with Gasteiger partial charge < -0.3 is 15.2 Å². The van der Waals surface area contributed by atoms with E-state index >= 15 is 0 Å². The number of nitrogen functional groups attached to an aromatic ring is 1. The van der Waals surface area contributed by atoms with Crippen LogP contribution in [0.4, 0.5) is 5.69 Å². The average Bonchev–Trinajstić information content (AvgIpc) is 2.81. The molecule has 0 aliphatic carbocycles. The number of anilines is 1. The Morgan fingerprint density at radius 3 is 2.67 bits per heavy atom. The SMILES string of the molecule is Cc1cc(N)ccc1C(=O)N1CCn2c(C)ccc2C1C. The summed E-state index contributed by atoms with van der Waals surface area (Å²) in [6.45, 7) is 7.74. The van der Waals surface area contributed by atoms with Crippen molar-refractivity contribution in [2.24, 2.45) is 0 Å². The summed E-state index contributed by atoms with van der Waals surface area (Å²) in [6, 6.07) is 9.82. The smallest absolute Gasteiger partial charge is 0.254 e. The Hall–Kier alpha value is -2.23. The van der Waals surface area contributed by atoms with Crippen LogP contribution in [0.5, 0.6) is 0 Å². The van der Waals surface area contributed by atoms with Crippen molar-refractivity contribution in [2.75, 3.05) is 12.3 Å². The van der Waals surface area contributed by atoms with Gasteiger partial charge in [0.05, 0.1) is 6.04 Å². The van der Waals surface area contributed by atoms with Crippen molar-refractivity contribution in [3.05, 3.63) is 52.8 Å². The molecule has 2 aromatic rings. The Labute approximate surface area is 125 Å². The van der Waals surface area contributed by atoms with Gasteiger partial charge in [0.2, 0.25) is 0 Å². The molecule has 1 aliphatic heterocycles. The molecule has 21 heavy (non-hydrogen) atoms. The second-order valence-corrected chi connectivity index (χ2v) is 5.80. The number of rotatable bonds is 1. The van der Waals surface area contributed by atoms with Crippen molar-refractivity contribution in [3.63, 3.8) is 0 Å². The van der Waals surface area contributed by atoms with E-state index in [0.717, 1.165) is 24.2 Å². The van der Waals surface area contributed by atoms with Crippen LogP contribution in [0.25, 0.3) is 0 Å². The molecule has 2 heterocycles. The molecule has 2 N–H and O–H groups in total. The quantitative estimate of drug-likeness (QED) is 0.818. The first-order valence-corrected chi connectivity index (χ1v) is 7.32. The average molecular weight is 283 g/mol. The predicted molar refractivity (Wildman–Crippen MR) is 84.2 cm³/mol. The molecule has 0 radical (unpaired) electrons. The van der Waals surface area contributed by atoms with Crippen molar-refractivity contribution in [1.82, 2.24) is 9.47 Å².